The Morgan fingerprint density at radius 1 is 1.33 bits per heavy atom. The maximum Gasteiger partial charge on any atom is 0.265 e. The summed E-state index contributed by atoms with van der Waals surface area (Å²) in [5.41, 5.74) is 3.83. The van der Waals surface area contributed by atoms with E-state index in [1.807, 2.05) is 13.0 Å². The highest BCUT2D eigenvalue weighted by atomic mass is 79.9. The van der Waals surface area contributed by atoms with E-state index in [4.69, 9.17) is 5.84 Å². The molecule has 2 aromatic rings. The number of aryl methyl sites for hydroxylation is 1. The first-order valence-corrected chi connectivity index (χ1v) is 8.48. The highest BCUT2D eigenvalue weighted by Gasteiger charge is 2.20. The molecule has 21 heavy (non-hydrogen) atoms. The van der Waals surface area contributed by atoms with Gasteiger partial charge in [-0.15, -0.1) is 0 Å². The van der Waals surface area contributed by atoms with E-state index in [9.17, 15) is 8.42 Å². The lowest BCUT2D eigenvalue weighted by Crippen LogP contribution is -2.18. The summed E-state index contributed by atoms with van der Waals surface area (Å²) in [4.78, 5) is 3.91. The van der Waals surface area contributed by atoms with Gasteiger partial charge in [-0.25, -0.2) is 19.2 Å². The van der Waals surface area contributed by atoms with Gasteiger partial charge in [-0.05, 0) is 46.1 Å². The zero-order valence-corrected chi connectivity index (χ0v) is 13.7. The normalized spacial score (nSPS) is 11.2. The number of sulfonamides is 1. The van der Waals surface area contributed by atoms with Crippen LogP contribution in [0.5, 0.6) is 0 Å². The van der Waals surface area contributed by atoms with Crippen LogP contribution < -0.4 is 16.0 Å². The van der Waals surface area contributed by atoms with Crippen molar-refractivity contribution in [2.75, 3.05) is 10.1 Å². The Hall–Kier alpha value is -1.64. The average molecular weight is 371 g/mol. The number of hydrazine groups is 1. The van der Waals surface area contributed by atoms with Gasteiger partial charge in [0, 0.05) is 16.4 Å². The molecule has 0 aliphatic carbocycles. The highest BCUT2D eigenvalue weighted by Crippen LogP contribution is 2.25. The van der Waals surface area contributed by atoms with E-state index in [2.05, 4.69) is 31.1 Å². The van der Waals surface area contributed by atoms with E-state index in [0.717, 1.165) is 12.0 Å². The maximum absolute atomic E-state index is 12.5. The van der Waals surface area contributed by atoms with Crippen molar-refractivity contribution >= 4 is 37.5 Å². The van der Waals surface area contributed by atoms with Crippen LogP contribution in [0.25, 0.3) is 0 Å². The largest absolute Gasteiger partial charge is 0.307 e. The lowest BCUT2D eigenvalue weighted by molar-refractivity contribution is 0.601. The molecule has 0 saturated carbocycles. The first-order chi connectivity index (χ1) is 9.96. The molecule has 0 aliphatic rings. The van der Waals surface area contributed by atoms with Crippen molar-refractivity contribution < 1.29 is 8.42 Å². The number of hydrogen-bond donors (Lipinski definition) is 3. The zero-order valence-electron chi connectivity index (χ0n) is 11.3. The van der Waals surface area contributed by atoms with Crippen LogP contribution in [0.2, 0.25) is 0 Å². The molecular weight excluding hydrogens is 356 g/mol. The standard InChI is InChI=1S/C13H15BrN4O2S/c1-2-9-4-3-5-11(6-9)18-21(19,20)12-7-10(14)8-16-13(12)17-15/h3-8,18H,2,15H2,1H3,(H,16,17). The van der Waals surface area contributed by atoms with Gasteiger partial charge in [0.25, 0.3) is 10.0 Å². The predicted molar refractivity (Wildman–Crippen MR) is 86.4 cm³/mol. The van der Waals surface area contributed by atoms with Gasteiger partial charge in [0.1, 0.15) is 4.90 Å². The minimum atomic E-state index is -3.79. The molecule has 0 atom stereocenters. The molecule has 0 fully saturated rings. The van der Waals surface area contributed by atoms with Gasteiger partial charge in [0.05, 0.1) is 0 Å². The van der Waals surface area contributed by atoms with E-state index >= 15 is 0 Å². The van der Waals surface area contributed by atoms with Crippen molar-refractivity contribution in [3.8, 4) is 0 Å². The van der Waals surface area contributed by atoms with Gasteiger partial charge in [-0.2, -0.15) is 0 Å². The molecular formula is C13H15BrN4O2S. The van der Waals surface area contributed by atoms with Crippen LogP contribution in [0.4, 0.5) is 11.5 Å². The fraction of sp³-hybridized carbons (Fsp3) is 0.154. The Kier molecular flexibility index (Phi) is 4.81. The van der Waals surface area contributed by atoms with E-state index in [0.29, 0.717) is 10.2 Å². The van der Waals surface area contributed by atoms with E-state index < -0.39 is 10.0 Å². The van der Waals surface area contributed by atoms with E-state index in [-0.39, 0.29) is 10.7 Å². The van der Waals surface area contributed by atoms with Crippen molar-refractivity contribution in [2.45, 2.75) is 18.2 Å². The highest BCUT2D eigenvalue weighted by molar-refractivity contribution is 9.10. The van der Waals surface area contributed by atoms with Gasteiger partial charge < -0.3 is 5.43 Å². The summed E-state index contributed by atoms with van der Waals surface area (Å²) in [5, 5.41) is 0. The summed E-state index contributed by atoms with van der Waals surface area (Å²) in [5.74, 6) is 5.40. The predicted octanol–water partition coefficient (Wildman–Crippen LogP) is 2.49. The summed E-state index contributed by atoms with van der Waals surface area (Å²) in [6.07, 6.45) is 2.29. The van der Waals surface area contributed by atoms with Crippen molar-refractivity contribution in [2.24, 2.45) is 5.84 Å². The number of aromatic nitrogens is 1. The first-order valence-electron chi connectivity index (χ1n) is 6.20. The second-order valence-electron chi connectivity index (χ2n) is 4.30. The van der Waals surface area contributed by atoms with E-state index in [1.165, 1.54) is 12.3 Å². The van der Waals surface area contributed by atoms with Gasteiger partial charge in [-0.3, -0.25) is 4.72 Å². The molecule has 2 rings (SSSR count). The number of hydrogen-bond acceptors (Lipinski definition) is 5. The fourth-order valence-corrected chi connectivity index (χ4v) is 3.48. The van der Waals surface area contributed by atoms with Crippen molar-refractivity contribution in [1.82, 2.24) is 4.98 Å². The van der Waals surface area contributed by atoms with Crippen LogP contribution in [0.1, 0.15) is 12.5 Å². The molecule has 0 spiro atoms. The molecule has 112 valence electrons. The molecule has 0 amide bonds. The number of nitrogen functional groups attached to an aromatic ring is 1. The number of anilines is 2. The van der Waals surface area contributed by atoms with Gasteiger partial charge in [0.15, 0.2) is 5.82 Å². The third-order valence-electron chi connectivity index (χ3n) is 2.83. The number of nitrogens with zero attached hydrogens (tertiary/aromatic N) is 1. The van der Waals surface area contributed by atoms with Gasteiger partial charge in [0.2, 0.25) is 0 Å². The van der Waals surface area contributed by atoms with Crippen molar-refractivity contribution in [3.05, 3.63) is 46.6 Å². The molecule has 1 aromatic heterocycles. The summed E-state index contributed by atoms with van der Waals surface area (Å²) in [6, 6.07) is 8.66. The minimum absolute atomic E-state index is 0.0266. The average Bonchev–Trinajstić information content (AvgIpc) is 2.47. The molecule has 0 radical (unpaired) electrons. The number of nitrogens with one attached hydrogen (secondary N) is 2. The Morgan fingerprint density at radius 2 is 2.10 bits per heavy atom. The Balaban J connectivity index is 2.40. The summed E-state index contributed by atoms with van der Waals surface area (Å²) in [7, 11) is -3.79. The molecule has 1 heterocycles. The number of rotatable bonds is 5. The molecule has 0 unspecified atom stereocenters. The topological polar surface area (TPSA) is 97.1 Å². The summed E-state index contributed by atoms with van der Waals surface area (Å²) < 4.78 is 28.0. The monoisotopic (exact) mass is 370 g/mol. The molecule has 4 N–H and O–H groups in total. The Morgan fingerprint density at radius 3 is 2.76 bits per heavy atom. The summed E-state index contributed by atoms with van der Waals surface area (Å²) >= 11 is 3.20. The van der Waals surface area contributed by atoms with Crippen LogP contribution in [-0.4, -0.2) is 13.4 Å². The first kappa shape index (κ1) is 15.7. The second-order valence-corrected chi connectivity index (χ2v) is 6.87. The molecule has 0 saturated heterocycles. The molecule has 0 aliphatic heterocycles. The Bertz CT molecular complexity index is 750. The third-order valence-corrected chi connectivity index (χ3v) is 4.66. The fourth-order valence-electron chi connectivity index (χ4n) is 1.80. The SMILES string of the molecule is CCc1cccc(NS(=O)(=O)c2cc(Br)cnc2NN)c1. The van der Waals surface area contributed by atoms with Crippen molar-refractivity contribution in [1.29, 1.82) is 0 Å². The molecule has 8 heteroatoms. The molecule has 6 nitrogen and oxygen atoms in total. The quantitative estimate of drug-likeness (QED) is 0.554. The van der Waals surface area contributed by atoms with Crippen LogP contribution in [0, 0.1) is 0 Å². The smallest absolute Gasteiger partial charge is 0.265 e. The Labute approximate surface area is 131 Å². The minimum Gasteiger partial charge on any atom is -0.307 e. The van der Waals surface area contributed by atoms with Crippen LogP contribution >= 0.6 is 15.9 Å². The third kappa shape index (κ3) is 3.72. The zero-order chi connectivity index (χ0) is 15.5. The molecule has 0 bridgehead atoms. The van der Waals surface area contributed by atoms with Crippen LogP contribution in [0.3, 0.4) is 0 Å². The molecule has 1 aromatic carbocycles. The van der Waals surface area contributed by atoms with Gasteiger partial charge in [-0.1, -0.05) is 19.1 Å². The number of benzene rings is 1. The number of halogens is 1. The summed E-state index contributed by atoms with van der Waals surface area (Å²) in [6.45, 7) is 2.00. The maximum atomic E-state index is 12.5. The second kappa shape index (κ2) is 6.42. The van der Waals surface area contributed by atoms with Crippen molar-refractivity contribution in [3.63, 3.8) is 0 Å². The van der Waals surface area contributed by atoms with Crippen LogP contribution in [-0.2, 0) is 16.4 Å². The van der Waals surface area contributed by atoms with Crippen LogP contribution in [0.15, 0.2) is 45.9 Å². The number of pyridine rings is 1. The van der Waals surface area contributed by atoms with E-state index in [1.54, 1.807) is 18.2 Å². The lowest BCUT2D eigenvalue weighted by Gasteiger charge is -2.12. The lowest BCUT2D eigenvalue weighted by atomic mass is 10.1. The number of nitrogens with two attached hydrogens (primary N) is 1. The van der Waals surface area contributed by atoms with Gasteiger partial charge >= 0.3 is 0 Å².